The van der Waals surface area contributed by atoms with Crippen molar-refractivity contribution in [3.05, 3.63) is 21.9 Å². The van der Waals surface area contributed by atoms with Gasteiger partial charge in [0.25, 0.3) is 0 Å². The van der Waals surface area contributed by atoms with Crippen molar-refractivity contribution in [1.82, 2.24) is 5.32 Å². The average molecular weight is 237 g/mol. The molecule has 0 bridgehead atoms. The van der Waals surface area contributed by atoms with Crippen LogP contribution in [0.1, 0.15) is 36.9 Å². The summed E-state index contributed by atoms with van der Waals surface area (Å²) in [6, 6.07) is 4.64. The lowest BCUT2D eigenvalue weighted by Gasteiger charge is -2.44. The normalized spacial score (nSPS) is 18.8. The molecule has 2 rings (SSSR count). The third-order valence-electron chi connectivity index (χ3n) is 3.46. The van der Waals surface area contributed by atoms with Gasteiger partial charge in [-0.3, -0.25) is 0 Å². The van der Waals surface area contributed by atoms with Crippen molar-refractivity contribution in [3.63, 3.8) is 0 Å². The molecule has 0 atom stereocenters. The topological polar surface area (TPSA) is 12.0 Å². The highest BCUT2D eigenvalue weighted by atomic mass is 32.1. The van der Waals surface area contributed by atoms with E-state index in [2.05, 4.69) is 38.2 Å². The molecule has 0 aliphatic carbocycles. The molecule has 0 aromatic carbocycles. The van der Waals surface area contributed by atoms with Gasteiger partial charge in [0, 0.05) is 28.3 Å². The van der Waals surface area contributed by atoms with E-state index >= 15 is 0 Å². The molecule has 0 amide bonds. The Morgan fingerprint density at radius 1 is 1.31 bits per heavy atom. The Labute approximate surface area is 103 Å². The first-order valence-electron chi connectivity index (χ1n) is 6.42. The molecule has 0 unspecified atom stereocenters. The molecule has 2 heterocycles. The van der Waals surface area contributed by atoms with Crippen LogP contribution in [0.15, 0.2) is 12.1 Å². The zero-order valence-electron chi connectivity index (χ0n) is 10.7. The van der Waals surface area contributed by atoms with E-state index in [1.54, 1.807) is 4.88 Å². The van der Waals surface area contributed by atoms with Gasteiger partial charge >= 0.3 is 0 Å². The van der Waals surface area contributed by atoms with Crippen molar-refractivity contribution in [3.8, 4) is 0 Å². The Kier molecular flexibility index (Phi) is 3.70. The number of aryl methyl sites for hydroxylation is 1. The quantitative estimate of drug-likeness (QED) is 0.826. The van der Waals surface area contributed by atoms with Crippen LogP contribution in [0, 0.1) is 11.3 Å². The molecule has 1 aliphatic rings. The van der Waals surface area contributed by atoms with E-state index in [-0.39, 0.29) is 0 Å². The predicted molar refractivity (Wildman–Crippen MR) is 72.2 cm³/mol. The van der Waals surface area contributed by atoms with Crippen LogP contribution in [0.5, 0.6) is 0 Å². The Bertz CT molecular complexity index is 336. The summed E-state index contributed by atoms with van der Waals surface area (Å²) in [6.45, 7) is 9.34. The Balaban J connectivity index is 2.00. The van der Waals surface area contributed by atoms with E-state index in [4.69, 9.17) is 0 Å². The van der Waals surface area contributed by atoms with Gasteiger partial charge in [0.1, 0.15) is 0 Å². The highest BCUT2D eigenvalue weighted by molar-refractivity contribution is 7.11. The fraction of sp³-hybridized carbons (Fsp3) is 0.714. The number of hydrogen-bond donors (Lipinski definition) is 1. The van der Waals surface area contributed by atoms with Gasteiger partial charge in [-0.2, -0.15) is 0 Å². The zero-order chi connectivity index (χ0) is 11.6. The van der Waals surface area contributed by atoms with Gasteiger partial charge in [0.2, 0.25) is 0 Å². The molecular formula is C14H23NS. The maximum atomic E-state index is 3.45. The molecule has 1 aromatic heterocycles. The second kappa shape index (κ2) is 4.89. The van der Waals surface area contributed by atoms with Gasteiger partial charge < -0.3 is 5.32 Å². The Morgan fingerprint density at radius 3 is 2.44 bits per heavy atom. The first-order valence-corrected chi connectivity index (χ1v) is 7.23. The summed E-state index contributed by atoms with van der Waals surface area (Å²) < 4.78 is 0. The lowest BCUT2D eigenvalue weighted by atomic mass is 9.72. The summed E-state index contributed by atoms with van der Waals surface area (Å²) in [5, 5.41) is 3.45. The van der Waals surface area contributed by atoms with E-state index in [0.29, 0.717) is 5.41 Å². The number of hydrogen-bond acceptors (Lipinski definition) is 2. The predicted octanol–water partition coefficient (Wildman–Crippen LogP) is 3.49. The fourth-order valence-corrected chi connectivity index (χ4v) is 3.89. The molecule has 1 fully saturated rings. The molecule has 16 heavy (non-hydrogen) atoms. The van der Waals surface area contributed by atoms with Gasteiger partial charge in [-0.05, 0) is 37.3 Å². The maximum absolute atomic E-state index is 3.45. The van der Waals surface area contributed by atoms with Crippen LogP contribution in [0.2, 0.25) is 0 Å². The summed E-state index contributed by atoms with van der Waals surface area (Å²) in [6.07, 6.45) is 3.82. The molecule has 1 aliphatic heterocycles. The van der Waals surface area contributed by atoms with E-state index < -0.39 is 0 Å². The molecule has 2 heteroatoms. The summed E-state index contributed by atoms with van der Waals surface area (Å²) in [5.74, 6) is 0.813. The van der Waals surface area contributed by atoms with E-state index in [0.717, 1.165) is 5.92 Å². The molecule has 0 spiro atoms. The summed E-state index contributed by atoms with van der Waals surface area (Å²) in [5.41, 5.74) is 0.560. The van der Waals surface area contributed by atoms with Crippen molar-refractivity contribution in [2.24, 2.45) is 11.3 Å². The molecule has 1 N–H and O–H groups in total. The second-order valence-corrected chi connectivity index (χ2v) is 6.85. The van der Waals surface area contributed by atoms with Crippen LogP contribution in [-0.2, 0) is 12.8 Å². The average Bonchev–Trinajstić information content (AvgIpc) is 2.61. The van der Waals surface area contributed by atoms with Crippen molar-refractivity contribution in [2.45, 2.75) is 40.0 Å². The number of rotatable bonds is 5. The monoisotopic (exact) mass is 237 g/mol. The molecule has 1 aromatic rings. The lowest BCUT2D eigenvalue weighted by molar-refractivity contribution is 0.132. The second-order valence-electron chi connectivity index (χ2n) is 5.60. The lowest BCUT2D eigenvalue weighted by Crippen LogP contribution is -2.55. The first kappa shape index (κ1) is 12.1. The van der Waals surface area contributed by atoms with E-state index in [1.165, 1.54) is 37.2 Å². The minimum atomic E-state index is 0.560. The number of thiophene rings is 1. The van der Waals surface area contributed by atoms with Crippen molar-refractivity contribution >= 4 is 11.3 Å². The largest absolute Gasteiger partial charge is 0.316 e. The Morgan fingerprint density at radius 2 is 2.00 bits per heavy atom. The van der Waals surface area contributed by atoms with Crippen LogP contribution in [0.25, 0.3) is 0 Å². The third kappa shape index (κ3) is 2.67. The minimum absolute atomic E-state index is 0.560. The summed E-state index contributed by atoms with van der Waals surface area (Å²) in [4.78, 5) is 3.11. The van der Waals surface area contributed by atoms with Gasteiger partial charge in [0.15, 0.2) is 0 Å². The third-order valence-corrected chi connectivity index (χ3v) is 4.69. The highest BCUT2D eigenvalue weighted by Gasteiger charge is 2.37. The SMILES string of the molecule is CCc1ccc(CC2(CC(C)C)CNC2)s1. The number of nitrogens with one attached hydrogen (secondary N) is 1. The smallest absolute Gasteiger partial charge is 0.00546 e. The molecule has 1 nitrogen and oxygen atoms in total. The van der Waals surface area contributed by atoms with Crippen molar-refractivity contribution in [2.75, 3.05) is 13.1 Å². The molecule has 90 valence electrons. The molecular weight excluding hydrogens is 214 g/mol. The van der Waals surface area contributed by atoms with E-state index in [1.807, 2.05) is 11.3 Å². The van der Waals surface area contributed by atoms with Gasteiger partial charge in [-0.1, -0.05) is 20.8 Å². The highest BCUT2D eigenvalue weighted by Crippen LogP contribution is 2.36. The van der Waals surface area contributed by atoms with Crippen molar-refractivity contribution in [1.29, 1.82) is 0 Å². The van der Waals surface area contributed by atoms with Gasteiger partial charge in [-0.25, -0.2) is 0 Å². The first-order chi connectivity index (χ1) is 7.63. The molecule has 1 saturated heterocycles. The van der Waals surface area contributed by atoms with Crippen molar-refractivity contribution < 1.29 is 0 Å². The van der Waals surface area contributed by atoms with E-state index in [9.17, 15) is 0 Å². The standard InChI is InChI=1S/C14H23NS/c1-4-12-5-6-13(16-12)8-14(7-11(2)3)9-15-10-14/h5-6,11,15H,4,7-10H2,1-3H3. The van der Waals surface area contributed by atoms with Crippen LogP contribution >= 0.6 is 11.3 Å². The summed E-state index contributed by atoms with van der Waals surface area (Å²) in [7, 11) is 0. The van der Waals surface area contributed by atoms with Crippen LogP contribution < -0.4 is 5.32 Å². The van der Waals surface area contributed by atoms with Gasteiger partial charge in [0.05, 0.1) is 0 Å². The fourth-order valence-electron chi connectivity index (χ4n) is 2.76. The Hall–Kier alpha value is -0.340. The van der Waals surface area contributed by atoms with Crippen LogP contribution in [0.4, 0.5) is 0 Å². The molecule has 0 radical (unpaired) electrons. The summed E-state index contributed by atoms with van der Waals surface area (Å²) >= 11 is 2.01. The van der Waals surface area contributed by atoms with Crippen LogP contribution in [0.3, 0.4) is 0 Å². The zero-order valence-corrected chi connectivity index (χ0v) is 11.5. The minimum Gasteiger partial charge on any atom is -0.316 e. The maximum Gasteiger partial charge on any atom is 0.00546 e. The van der Waals surface area contributed by atoms with Crippen LogP contribution in [-0.4, -0.2) is 13.1 Å². The van der Waals surface area contributed by atoms with Gasteiger partial charge in [-0.15, -0.1) is 11.3 Å². The molecule has 0 saturated carbocycles.